The Kier molecular flexibility index (Phi) is 4.29. The number of nitrogens with one attached hydrogen (secondary N) is 1. The van der Waals surface area contributed by atoms with Crippen molar-refractivity contribution in [3.05, 3.63) is 71.5 Å². The fraction of sp³-hybridized carbons (Fsp3) is 0. The zero-order chi connectivity index (χ0) is 20.5. The molecule has 0 spiro atoms. The van der Waals surface area contributed by atoms with Gasteiger partial charge in [-0.25, -0.2) is 9.37 Å². The maximum absolute atomic E-state index is 13.3. The predicted molar refractivity (Wildman–Crippen MR) is 106 cm³/mol. The summed E-state index contributed by atoms with van der Waals surface area (Å²) >= 11 is 0. The van der Waals surface area contributed by atoms with Crippen molar-refractivity contribution in [3.8, 4) is 17.3 Å². The summed E-state index contributed by atoms with van der Waals surface area (Å²) in [6, 6.07) is 16.5. The number of anilines is 3. The molecule has 0 fully saturated rings. The van der Waals surface area contributed by atoms with E-state index in [9.17, 15) is 14.4 Å². The van der Waals surface area contributed by atoms with Gasteiger partial charge in [0.2, 0.25) is 0 Å². The first-order valence-corrected chi connectivity index (χ1v) is 8.49. The lowest BCUT2D eigenvalue weighted by Crippen LogP contribution is -2.14. The highest BCUT2D eigenvalue weighted by Gasteiger charge is 2.24. The topological polar surface area (TPSA) is 135 Å². The molecular weight excluding hydrogens is 373 g/mol. The van der Waals surface area contributed by atoms with E-state index in [1.165, 1.54) is 28.8 Å². The lowest BCUT2D eigenvalue weighted by atomic mass is 10.1. The van der Waals surface area contributed by atoms with E-state index in [0.717, 1.165) is 0 Å². The Labute approximate surface area is 164 Å². The van der Waals surface area contributed by atoms with E-state index in [4.69, 9.17) is 11.5 Å². The van der Waals surface area contributed by atoms with Crippen LogP contribution >= 0.6 is 0 Å². The van der Waals surface area contributed by atoms with Crippen LogP contribution in [-0.4, -0.2) is 20.5 Å². The highest BCUT2D eigenvalue weighted by molar-refractivity contribution is 6.05. The number of para-hydroxylation sites is 1. The number of carbonyl (C=O) groups is 1. The normalized spacial score (nSPS) is 10.6. The number of nitrogens with two attached hydrogens (primary N) is 2. The molecule has 1 amide bonds. The first-order valence-electron chi connectivity index (χ1n) is 8.49. The molecule has 4 aromatic rings. The van der Waals surface area contributed by atoms with Gasteiger partial charge in [-0.15, -0.1) is 5.10 Å². The number of nitrogens with zero attached hydrogens (tertiary/aromatic N) is 4. The van der Waals surface area contributed by atoms with Crippen molar-refractivity contribution in [2.24, 2.45) is 5.73 Å². The molecule has 2 aromatic carbocycles. The van der Waals surface area contributed by atoms with Crippen LogP contribution < -0.4 is 16.8 Å². The Hall–Kier alpha value is -4.45. The van der Waals surface area contributed by atoms with E-state index in [-0.39, 0.29) is 34.1 Å². The summed E-state index contributed by atoms with van der Waals surface area (Å²) in [7, 11) is 0. The molecule has 2 heterocycles. The van der Waals surface area contributed by atoms with Crippen LogP contribution in [0.3, 0.4) is 0 Å². The molecule has 9 heteroatoms. The molecule has 0 radical (unpaired) electrons. The van der Waals surface area contributed by atoms with Gasteiger partial charge in [0.25, 0.3) is 5.91 Å². The van der Waals surface area contributed by atoms with E-state index in [1.54, 1.807) is 12.1 Å². The molecule has 0 bridgehead atoms. The Morgan fingerprint density at radius 2 is 1.83 bits per heavy atom. The number of hydrogen-bond acceptors (Lipinski definition) is 6. The Morgan fingerprint density at radius 3 is 2.45 bits per heavy atom. The van der Waals surface area contributed by atoms with Crippen LogP contribution in [0.5, 0.6) is 0 Å². The highest BCUT2D eigenvalue weighted by Crippen LogP contribution is 2.31. The number of primary amides is 1. The van der Waals surface area contributed by atoms with Gasteiger partial charge in [0.1, 0.15) is 28.8 Å². The molecule has 2 aromatic heterocycles. The quantitative estimate of drug-likeness (QED) is 0.493. The number of carbonyl (C=O) groups excluding carboxylic acids is 1. The molecule has 0 aliphatic heterocycles. The smallest absolute Gasteiger partial charge is 0.256 e. The van der Waals surface area contributed by atoms with Crippen LogP contribution in [0.2, 0.25) is 0 Å². The number of benzene rings is 2. The van der Waals surface area contributed by atoms with Crippen molar-refractivity contribution < 1.29 is 9.18 Å². The molecule has 142 valence electrons. The maximum Gasteiger partial charge on any atom is 0.256 e. The number of fused-ring (bicyclic) bond motifs is 1. The molecule has 0 unspecified atom stereocenters. The molecule has 29 heavy (non-hydrogen) atoms. The molecule has 0 saturated heterocycles. The zero-order valence-electron chi connectivity index (χ0n) is 14.9. The van der Waals surface area contributed by atoms with Crippen molar-refractivity contribution in [1.82, 2.24) is 14.6 Å². The average molecular weight is 387 g/mol. The molecule has 8 nitrogen and oxygen atoms in total. The van der Waals surface area contributed by atoms with Gasteiger partial charge in [-0.2, -0.15) is 9.78 Å². The number of aromatic nitrogens is 3. The van der Waals surface area contributed by atoms with Gasteiger partial charge in [-0.1, -0.05) is 18.2 Å². The SMILES string of the molecule is N#Cc1c(-c2ccc(F)cc2)nc2c(C(N)=O)c(Nc3ccccc3)nn2c1N. The molecular formula is C20H14FN7O. The van der Waals surface area contributed by atoms with Gasteiger partial charge in [-0.3, -0.25) is 4.79 Å². The number of nitriles is 1. The summed E-state index contributed by atoms with van der Waals surface area (Å²) in [4.78, 5) is 16.6. The summed E-state index contributed by atoms with van der Waals surface area (Å²) in [5.74, 6) is -1.05. The third kappa shape index (κ3) is 3.08. The van der Waals surface area contributed by atoms with Crippen molar-refractivity contribution in [2.45, 2.75) is 0 Å². The van der Waals surface area contributed by atoms with E-state index in [2.05, 4.69) is 15.4 Å². The monoisotopic (exact) mass is 387 g/mol. The molecule has 4 rings (SSSR count). The minimum absolute atomic E-state index is 0.0135. The Morgan fingerprint density at radius 1 is 1.14 bits per heavy atom. The van der Waals surface area contributed by atoms with Crippen LogP contribution in [0.15, 0.2) is 54.6 Å². The first-order chi connectivity index (χ1) is 14.0. The molecule has 5 N–H and O–H groups in total. The number of hydrogen-bond donors (Lipinski definition) is 3. The molecule has 0 saturated carbocycles. The van der Waals surface area contributed by atoms with Gasteiger partial charge >= 0.3 is 0 Å². The minimum atomic E-state index is -0.764. The van der Waals surface area contributed by atoms with E-state index < -0.39 is 11.7 Å². The van der Waals surface area contributed by atoms with Crippen molar-refractivity contribution >= 4 is 28.9 Å². The first kappa shape index (κ1) is 17.9. The number of rotatable bonds is 4. The summed E-state index contributed by atoms with van der Waals surface area (Å²) < 4.78 is 14.5. The Balaban J connectivity index is 1.98. The lowest BCUT2D eigenvalue weighted by molar-refractivity contribution is 0.100. The average Bonchev–Trinajstić information content (AvgIpc) is 3.08. The second-order valence-corrected chi connectivity index (χ2v) is 6.15. The van der Waals surface area contributed by atoms with Crippen molar-refractivity contribution in [3.63, 3.8) is 0 Å². The molecule has 0 aliphatic carbocycles. The minimum Gasteiger partial charge on any atom is -0.382 e. The summed E-state index contributed by atoms with van der Waals surface area (Å²) in [5.41, 5.74) is 13.2. The third-order valence-corrected chi connectivity index (χ3v) is 4.31. The second kappa shape index (κ2) is 6.94. The Bertz CT molecular complexity index is 1270. The summed E-state index contributed by atoms with van der Waals surface area (Å²) in [6.45, 7) is 0. The molecule has 0 atom stereocenters. The second-order valence-electron chi connectivity index (χ2n) is 6.15. The lowest BCUT2D eigenvalue weighted by Gasteiger charge is -2.08. The van der Waals surface area contributed by atoms with Gasteiger partial charge in [0.05, 0.1) is 5.69 Å². The van der Waals surface area contributed by atoms with Crippen molar-refractivity contribution in [1.29, 1.82) is 5.26 Å². The van der Waals surface area contributed by atoms with Crippen LogP contribution in [0.1, 0.15) is 15.9 Å². The highest BCUT2D eigenvalue weighted by atomic mass is 19.1. The summed E-state index contributed by atoms with van der Waals surface area (Å²) in [5, 5.41) is 16.9. The largest absolute Gasteiger partial charge is 0.382 e. The fourth-order valence-corrected chi connectivity index (χ4v) is 2.97. The van der Waals surface area contributed by atoms with E-state index in [1.807, 2.05) is 24.3 Å². The van der Waals surface area contributed by atoms with Gasteiger partial charge in [0.15, 0.2) is 11.5 Å². The van der Waals surface area contributed by atoms with Gasteiger partial charge in [0, 0.05) is 11.3 Å². The number of halogens is 1. The number of amides is 1. The zero-order valence-corrected chi connectivity index (χ0v) is 14.9. The van der Waals surface area contributed by atoms with Gasteiger partial charge in [-0.05, 0) is 36.4 Å². The standard InChI is InChI=1S/C20H14FN7O/c21-12-8-6-11(7-9-12)16-14(10-22)17(23)28-20(26-16)15(18(24)29)19(27-28)25-13-4-2-1-3-5-13/h1-9H,23H2,(H2,24,29)(H,25,27). The molecule has 0 aliphatic rings. The van der Waals surface area contributed by atoms with Crippen LogP contribution in [-0.2, 0) is 0 Å². The van der Waals surface area contributed by atoms with Crippen molar-refractivity contribution in [2.75, 3.05) is 11.1 Å². The van der Waals surface area contributed by atoms with Crippen LogP contribution in [0.4, 0.5) is 21.7 Å². The van der Waals surface area contributed by atoms with Crippen LogP contribution in [0, 0.1) is 17.1 Å². The predicted octanol–water partition coefficient (Wildman–Crippen LogP) is 2.83. The third-order valence-electron chi connectivity index (χ3n) is 4.31. The van der Waals surface area contributed by atoms with Gasteiger partial charge < -0.3 is 16.8 Å². The van der Waals surface area contributed by atoms with Crippen LogP contribution in [0.25, 0.3) is 16.9 Å². The maximum atomic E-state index is 13.3. The summed E-state index contributed by atoms with van der Waals surface area (Å²) in [6.07, 6.45) is 0. The number of nitrogen functional groups attached to an aromatic ring is 1. The fourth-order valence-electron chi connectivity index (χ4n) is 2.97. The van der Waals surface area contributed by atoms with E-state index in [0.29, 0.717) is 11.3 Å². The van der Waals surface area contributed by atoms with E-state index >= 15 is 0 Å².